The summed E-state index contributed by atoms with van der Waals surface area (Å²) in [6.07, 6.45) is 5.08. The molecule has 0 aliphatic heterocycles. The number of ether oxygens (including phenoxy) is 1. The summed E-state index contributed by atoms with van der Waals surface area (Å²) in [5.74, 6) is -0.418. The van der Waals surface area contributed by atoms with Gasteiger partial charge in [0.25, 0.3) is 5.91 Å². The van der Waals surface area contributed by atoms with Crippen LogP contribution in [0.5, 0.6) is 0 Å². The first kappa shape index (κ1) is 23.3. The number of thioether (sulfide) groups is 1. The molecule has 1 amide bonds. The average molecular weight is 480 g/mol. The first-order valence-corrected chi connectivity index (χ1v) is 12.8. The quantitative estimate of drug-likeness (QED) is 0.335. The van der Waals surface area contributed by atoms with Gasteiger partial charge in [-0.05, 0) is 37.1 Å². The SMILES string of the molecule is N#CCSc1ccccc1NC(=O)COC(=O)C1(Cc2nc3ccccc3s2)CCCCC1. The second-order valence-corrected chi connectivity index (χ2v) is 10.3. The Morgan fingerprint density at radius 1 is 1.12 bits per heavy atom. The topological polar surface area (TPSA) is 92.1 Å². The van der Waals surface area contributed by atoms with Gasteiger partial charge in [0.15, 0.2) is 6.61 Å². The largest absolute Gasteiger partial charge is 0.455 e. The minimum absolute atomic E-state index is 0.288. The maximum atomic E-state index is 13.2. The van der Waals surface area contributed by atoms with Crippen molar-refractivity contribution in [2.45, 2.75) is 43.4 Å². The number of amides is 1. The highest BCUT2D eigenvalue weighted by molar-refractivity contribution is 7.99. The van der Waals surface area contributed by atoms with Gasteiger partial charge in [0, 0.05) is 11.3 Å². The van der Waals surface area contributed by atoms with Crippen LogP contribution in [0.3, 0.4) is 0 Å². The van der Waals surface area contributed by atoms with Crippen LogP contribution in [0.15, 0.2) is 53.4 Å². The van der Waals surface area contributed by atoms with Gasteiger partial charge in [-0.2, -0.15) is 5.26 Å². The van der Waals surface area contributed by atoms with Crippen LogP contribution in [0, 0.1) is 16.7 Å². The van der Waals surface area contributed by atoms with E-state index in [1.807, 2.05) is 42.5 Å². The summed E-state index contributed by atoms with van der Waals surface area (Å²) in [5, 5.41) is 12.6. The number of rotatable bonds is 8. The molecule has 8 heteroatoms. The van der Waals surface area contributed by atoms with Crippen LogP contribution in [0.2, 0.25) is 0 Å². The molecule has 3 aromatic rings. The van der Waals surface area contributed by atoms with E-state index in [4.69, 9.17) is 15.0 Å². The second-order valence-electron chi connectivity index (χ2n) is 8.16. The van der Waals surface area contributed by atoms with Crippen molar-refractivity contribution in [2.75, 3.05) is 17.7 Å². The van der Waals surface area contributed by atoms with Crippen molar-refractivity contribution < 1.29 is 14.3 Å². The third-order valence-corrected chi connectivity index (χ3v) is 7.84. The minimum Gasteiger partial charge on any atom is -0.455 e. The van der Waals surface area contributed by atoms with Crippen molar-refractivity contribution in [2.24, 2.45) is 5.41 Å². The van der Waals surface area contributed by atoms with Crippen LogP contribution in [-0.4, -0.2) is 29.2 Å². The first-order valence-electron chi connectivity index (χ1n) is 11.0. The minimum atomic E-state index is -0.632. The molecule has 1 heterocycles. The number of anilines is 1. The number of thiazole rings is 1. The van der Waals surface area contributed by atoms with Gasteiger partial charge < -0.3 is 10.1 Å². The Bertz CT molecular complexity index is 1150. The first-order chi connectivity index (χ1) is 16.1. The number of benzene rings is 2. The number of fused-ring (bicyclic) bond motifs is 1. The normalized spacial score (nSPS) is 15.0. The van der Waals surface area contributed by atoms with Crippen molar-refractivity contribution in [3.8, 4) is 6.07 Å². The number of carbonyl (C=O) groups is 2. The fourth-order valence-electron chi connectivity index (χ4n) is 4.24. The fourth-order valence-corrected chi connectivity index (χ4v) is 6.02. The monoisotopic (exact) mass is 479 g/mol. The molecule has 1 fully saturated rings. The number of hydrogen-bond donors (Lipinski definition) is 1. The summed E-state index contributed by atoms with van der Waals surface area (Å²) in [6.45, 7) is -0.336. The van der Waals surface area contributed by atoms with E-state index in [1.54, 1.807) is 17.4 Å². The zero-order valence-electron chi connectivity index (χ0n) is 18.2. The summed E-state index contributed by atoms with van der Waals surface area (Å²) in [5.41, 5.74) is 0.928. The number of para-hydroxylation sites is 2. The zero-order chi connectivity index (χ0) is 23.1. The molecule has 6 nitrogen and oxygen atoms in total. The molecule has 0 bridgehead atoms. The van der Waals surface area contributed by atoms with E-state index in [9.17, 15) is 9.59 Å². The highest BCUT2D eigenvalue weighted by Gasteiger charge is 2.42. The molecule has 0 unspecified atom stereocenters. The van der Waals surface area contributed by atoms with Crippen molar-refractivity contribution >= 4 is 50.9 Å². The lowest BCUT2D eigenvalue weighted by Gasteiger charge is -2.34. The second kappa shape index (κ2) is 10.8. The molecular formula is C25H25N3O3S2. The zero-order valence-corrected chi connectivity index (χ0v) is 19.8. The number of aromatic nitrogens is 1. The van der Waals surface area contributed by atoms with Crippen LogP contribution >= 0.6 is 23.1 Å². The third kappa shape index (κ3) is 5.73. The van der Waals surface area contributed by atoms with Crippen LogP contribution < -0.4 is 5.32 Å². The number of nitrogens with one attached hydrogen (secondary N) is 1. The molecule has 1 aromatic heterocycles. The molecule has 0 spiro atoms. The fraction of sp³-hybridized carbons (Fsp3) is 0.360. The maximum Gasteiger partial charge on any atom is 0.313 e. The Morgan fingerprint density at radius 2 is 1.88 bits per heavy atom. The van der Waals surface area contributed by atoms with Crippen molar-refractivity contribution in [1.82, 2.24) is 4.98 Å². The Balaban J connectivity index is 1.41. The van der Waals surface area contributed by atoms with Gasteiger partial charge in [-0.15, -0.1) is 23.1 Å². The molecule has 33 heavy (non-hydrogen) atoms. The van der Waals surface area contributed by atoms with Crippen molar-refractivity contribution in [1.29, 1.82) is 5.26 Å². The Morgan fingerprint density at radius 3 is 2.67 bits per heavy atom. The van der Waals surface area contributed by atoms with E-state index < -0.39 is 5.41 Å². The van der Waals surface area contributed by atoms with Gasteiger partial charge in [-0.3, -0.25) is 9.59 Å². The van der Waals surface area contributed by atoms with Gasteiger partial charge in [0.2, 0.25) is 0 Å². The molecule has 0 atom stereocenters. The number of nitriles is 1. The number of esters is 1. The Kier molecular flexibility index (Phi) is 7.63. The van der Waals surface area contributed by atoms with Crippen molar-refractivity contribution in [3.05, 3.63) is 53.5 Å². The maximum absolute atomic E-state index is 13.2. The molecule has 4 rings (SSSR count). The van der Waals surface area contributed by atoms with Gasteiger partial charge in [0.1, 0.15) is 0 Å². The number of hydrogen-bond acceptors (Lipinski definition) is 7. The van der Waals surface area contributed by atoms with Crippen LogP contribution in [0.25, 0.3) is 10.2 Å². The van der Waals surface area contributed by atoms with Gasteiger partial charge in [-0.1, -0.05) is 43.5 Å². The lowest BCUT2D eigenvalue weighted by Crippen LogP contribution is -2.38. The molecular weight excluding hydrogens is 454 g/mol. The Labute approximate surface area is 201 Å². The van der Waals surface area contributed by atoms with Gasteiger partial charge in [-0.25, -0.2) is 4.98 Å². The summed E-state index contributed by atoms with van der Waals surface area (Å²) in [7, 11) is 0. The molecule has 2 aromatic carbocycles. The summed E-state index contributed by atoms with van der Waals surface area (Å²) in [6, 6.07) is 17.3. The van der Waals surface area contributed by atoms with Gasteiger partial charge in [0.05, 0.1) is 38.1 Å². The van der Waals surface area contributed by atoms with E-state index >= 15 is 0 Å². The highest BCUT2D eigenvalue weighted by Crippen LogP contribution is 2.41. The predicted molar refractivity (Wildman–Crippen MR) is 131 cm³/mol. The molecule has 1 saturated carbocycles. The third-order valence-electron chi connectivity index (χ3n) is 5.86. The Hall–Kier alpha value is -2.89. The average Bonchev–Trinajstić information content (AvgIpc) is 3.24. The molecule has 0 radical (unpaired) electrons. The van der Waals surface area contributed by atoms with Gasteiger partial charge >= 0.3 is 5.97 Å². The smallest absolute Gasteiger partial charge is 0.313 e. The van der Waals surface area contributed by atoms with E-state index in [1.165, 1.54) is 11.8 Å². The van der Waals surface area contributed by atoms with Crippen LogP contribution in [0.1, 0.15) is 37.1 Å². The van der Waals surface area contributed by atoms with E-state index in [0.717, 1.165) is 52.2 Å². The standard InChI is InChI=1S/C25H25N3O3S2/c26-14-15-32-20-10-4-2-8-18(20)27-22(29)17-31-24(30)25(12-6-1-7-13-25)16-23-28-19-9-3-5-11-21(19)33-23/h2-5,8-11H,1,6-7,12-13,15-17H2,(H,27,29). The summed E-state index contributed by atoms with van der Waals surface area (Å²) < 4.78 is 6.66. The lowest BCUT2D eigenvalue weighted by atomic mass is 9.72. The molecule has 0 saturated heterocycles. The van der Waals surface area contributed by atoms with Crippen LogP contribution in [-0.2, 0) is 20.7 Å². The van der Waals surface area contributed by atoms with E-state index in [-0.39, 0.29) is 24.2 Å². The highest BCUT2D eigenvalue weighted by atomic mass is 32.2. The van der Waals surface area contributed by atoms with Crippen LogP contribution in [0.4, 0.5) is 5.69 Å². The van der Waals surface area contributed by atoms with E-state index in [2.05, 4.69) is 11.4 Å². The molecule has 170 valence electrons. The summed E-state index contributed by atoms with van der Waals surface area (Å²) in [4.78, 5) is 31.3. The lowest BCUT2D eigenvalue weighted by molar-refractivity contribution is -0.160. The number of carbonyl (C=O) groups excluding carboxylic acids is 2. The molecule has 1 aliphatic rings. The van der Waals surface area contributed by atoms with E-state index in [0.29, 0.717) is 12.1 Å². The summed E-state index contributed by atoms with van der Waals surface area (Å²) >= 11 is 2.97. The predicted octanol–water partition coefficient (Wildman–Crippen LogP) is 5.59. The number of nitrogens with zero attached hydrogens (tertiary/aromatic N) is 2. The van der Waals surface area contributed by atoms with Crippen molar-refractivity contribution in [3.63, 3.8) is 0 Å². The molecule has 1 N–H and O–H groups in total. The molecule has 1 aliphatic carbocycles.